The molecule has 0 aliphatic heterocycles. The normalized spacial score (nSPS) is 10.4. The lowest BCUT2D eigenvalue weighted by Gasteiger charge is -2.18. The lowest BCUT2D eigenvalue weighted by Crippen LogP contribution is -2.14. The van der Waals surface area contributed by atoms with E-state index in [4.69, 9.17) is 0 Å². The van der Waals surface area contributed by atoms with E-state index in [0.29, 0.717) is 12.1 Å². The van der Waals surface area contributed by atoms with Gasteiger partial charge in [0.1, 0.15) is 17.5 Å². The molecule has 0 N–H and O–H groups in total. The highest BCUT2D eigenvalue weighted by Gasteiger charge is 2.32. The predicted molar refractivity (Wildman–Crippen MR) is 132 cm³/mol. The lowest BCUT2D eigenvalue weighted by molar-refractivity contribution is 0.406. The van der Waals surface area contributed by atoms with E-state index in [1.165, 1.54) is 0 Å². The van der Waals surface area contributed by atoms with Crippen molar-refractivity contribution in [1.29, 1.82) is 0 Å². The molecule has 0 radical (unpaired) electrons. The zero-order chi connectivity index (χ0) is 27.4. The number of hydrogen-bond donors (Lipinski definition) is 0. The monoisotopic (exact) mass is 562 g/mol. The second-order valence-electron chi connectivity index (χ2n) is 6.28. The standard InChI is InChI=1S/C19H10F9P3.2C2H6/c20-5-1-7(30)11(12-14(23)6(21)2-8(31)15(12)24)16(25)10(5)9-4(3-29)13(22)18(27)19(28)17(9)26;2*1-2/h1-2H,3,29-31H2;2*1-2H3. The Labute approximate surface area is 204 Å². The Morgan fingerprint density at radius 2 is 0.971 bits per heavy atom. The highest BCUT2D eigenvalue weighted by molar-refractivity contribution is 7.28. The predicted octanol–water partition coefficient (Wildman–Crippen LogP) is 7.70. The van der Waals surface area contributed by atoms with E-state index in [1.54, 1.807) is 18.5 Å². The molecule has 0 fully saturated rings. The summed E-state index contributed by atoms with van der Waals surface area (Å²) in [6.07, 6.45) is -0.593. The Kier molecular flexibility index (Phi) is 11.7. The van der Waals surface area contributed by atoms with E-state index in [9.17, 15) is 35.1 Å². The van der Waals surface area contributed by atoms with Gasteiger partial charge >= 0.3 is 0 Å². The summed E-state index contributed by atoms with van der Waals surface area (Å²) in [5.74, 6) is -16.7. The van der Waals surface area contributed by atoms with Crippen molar-refractivity contribution in [1.82, 2.24) is 0 Å². The summed E-state index contributed by atoms with van der Waals surface area (Å²) in [4.78, 5) is 0. The van der Waals surface area contributed by atoms with Crippen LogP contribution in [0.5, 0.6) is 0 Å². The van der Waals surface area contributed by atoms with E-state index in [2.05, 4.69) is 0 Å². The van der Waals surface area contributed by atoms with Crippen LogP contribution in [-0.2, 0) is 6.16 Å². The van der Waals surface area contributed by atoms with Gasteiger partial charge in [-0.3, -0.25) is 0 Å². The van der Waals surface area contributed by atoms with Crippen molar-refractivity contribution in [2.75, 3.05) is 0 Å². The van der Waals surface area contributed by atoms with Crippen LogP contribution in [0.2, 0.25) is 0 Å². The van der Waals surface area contributed by atoms with E-state index in [0.717, 1.165) is 0 Å². The van der Waals surface area contributed by atoms with Crippen molar-refractivity contribution in [2.45, 2.75) is 33.9 Å². The first kappa shape index (κ1) is 31.4. The summed E-state index contributed by atoms with van der Waals surface area (Å²) in [5.41, 5.74) is -5.92. The van der Waals surface area contributed by atoms with Gasteiger partial charge in [-0.25, -0.2) is 39.5 Å². The third-order valence-corrected chi connectivity index (χ3v) is 5.79. The fourth-order valence-electron chi connectivity index (χ4n) is 3.09. The molecule has 0 nitrogen and oxygen atoms in total. The number of benzene rings is 3. The quantitative estimate of drug-likeness (QED) is 0.133. The molecule has 0 heterocycles. The molecule has 0 aliphatic carbocycles. The summed E-state index contributed by atoms with van der Waals surface area (Å²) in [5, 5.41) is -0.998. The van der Waals surface area contributed by atoms with Crippen LogP contribution in [0.25, 0.3) is 22.3 Å². The van der Waals surface area contributed by atoms with Crippen LogP contribution in [0, 0.1) is 52.4 Å². The maximum absolute atomic E-state index is 15.4. The second kappa shape index (κ2) is 13.0. The van der Waals surface area contributed by atoms with Crippen LogP contribution in [0.4, 0.5) is 39.5 Å². The SMILES string of the molecule is CC.CC.Fc1cc(P)c(F)c(-c2c(P)cc(F)c(-c3c(F)c(F)c(F)c(F)c3CP)c2F)c1F. The number of hydrogen-bond acceptors (Lipinski definition) is 0. The minimum absolute atomic E-state index is 0.473. The molecular weight excluding hydrogens is 540 g/mol. The lowest BCUT2D eigenvalue weighted by atomic mass is 9.93. The molecule has 3 rings (SSSR count). The van der Waals surface area contributed by atoms with E-state index < -0.39 is 96.9 Å². The fraction of sp³-hybridized carbons (Fsp3) is 0.217. The summed E-state index contributed by atoms with van der Waals surface area (Å²) >= 11 is 0. The Bertz CT molecular complexity index is 1220. The highest BCUT2D eigenvalue weighted by Crippen LogP contribution is 2.40. The van der Waals surface area contributed by atoms with Crippen LogP contribution in [0.1, 0.15) is 33.3 Å². The average Bonchev–Trinajstić information content (AvgIpc) is 2.84. The Morgan fingerprint density at radius 3 is 1.49 bits per heavy atom. The smallest absolute Gasteiger partial charge is 0.198 e. The Balaban J connectivity index is 0.00000145. The molecule has 12 heteroatoms. The van der Waals surface area contributed by atoms with Crippen LogP contribution >= 0.6 is 27.7 Å². The van der Waals surface area contributed by atoms with Gasteiger partial charge in [-0.2, -0.15) is 0 Å². The zero-order valence-electron chi connectivity index (χ0n) is 19.0. The van der Waals surface area contributed by atoms with E-state index >= 15 is 4.39 Å². The summed E-state index contributed by atoms with van der Waals surface area (Å²) in [6, 6.07) is 0.969. The summed E-state index contributed by atoms with van der Waals surface area (Å²) < 4.78 is 129. The van der Waals surface area contributed by atoms with Crippen molar-refractivity contribution in [3.63, 3.8) is 0 Å². The first-order valence-electron chi connectivity index (χ1n) is 10.2. The highest BCUT2D eigenvalue weighted by atomic mass is 31.0. The van der Waals surface area contributed by atoms with Gasteiger partial charge in [0, 0.05) is 22.0 Å². The van der Waals surface area contributed by atoms with Crippen LogP contribution < -0.4 is 10.6 Å². The third-order valence-electron chi connectivity index (χ3n) is 4.50. The van der Waals surface area contributed by atoms with Crippen molar-refractivity contribution in [3.8, 4) is 22.3 Å². The molecule has 0 aliphatic rings. The van der Waals surface area contributed by atoms with Crippen molar-refractivity contribution in [2.24, 2.45) is 0 Å². The molecule has 3 atom stereocenters. The molecule has 3 aromatic carbocycles. The van der Waals surface area contributed by atoms with Gasteiger partial charge in [0.15, 0.2) is 34.9 Å². The maximum Gasteiger partial charge on any atom is 0.198 e. The van der Waals surface area contributed by atoms with Gasteiger partial charge in [0.05, 0.1) is 11.1 Å². The minimum Gasteiger partial charge on any atom is -0.206 e. The van der Waals surface area contributed by atoms with Gasteiger partial charge in [0.25, 0.3) is 0 Å². The maximum atomic E-state index is 15.4. The van der Waals surface area contributed by atoms with Gasteiger partial charge in [0.2, 0.25) is 0 Å². The zero-order valence-corrected chi connectivity index (χ0v) is 22.5. The number of halogens is 9. The fourth-order valence-corrected chi connectivity index (χ4v) is 4.18. The van der Waals surface area contributed by atoms with Crippen molar-refractivity contribution < 1.29 is 39.5 Å². The average molecular weight is 562 g/mol. The third kappa shape index (κ3) is 5.68. The van der Waals surface area contributed by atoms with Gasteiger partial charge in [-0.05, 0) is 23.6 Å². The Hall–Kier alpha value is -1.68. The molecule has 0 saturated heterocycles. The molecule has 0 amide bonds. The molecule has 0 saturated carbocycles. The number of rotatable bonds is 3. The van der Waals surface area contributed by atoms with Crippen LogP contribution in [0.3, 0.4) is 0 Å². The van der Waals surface area contributed by atoms with Crippen molar-refractivity contribution in [3.05, 3.63) is 70.1 Å². The van der Waals surface area contributed by atoms with E-state index in [-0.39, 0.29) is 0 Å². The summed E-state index contributed by atoms with van der Waals surface area (Å²) in [6.45, 7) is 8.00. The van der Waals surface area contributed by atoms with Gasteiger partial charge < -0.3 is 0 Å². The second-order valence-corrected chi connectivity index (χ2v) is 7.93. The van der Waals surface area contributed by atoms with Crippen molar-refractivity contribution >= 4 is 38.3 Å². The molecule has 0 aromatic heterocycles. The Morgan fingerprint density at radius 1 is 0.486 bits per heavy atom. The molecular formula is C23H22F9P3. The van der Waals surface area contributed by atoms with Gasteiger partial charge in [-0.1, -0.05) is 27.7 Å². The topological polar surface area (TPSA) is 0 Å². The largest absolute Gasteiger partial charge is 0.206 e. The van der Waals surface area contributed by atoms with Gasteiger partial charge in [-0.15, -0.1) is 27.7 Å². The molecule has 0 spiro atoms. The summed E-state index contributed by atoms with van der Waals surface area (Å²) in [7, 11) is 5.39. The van der Waals surface area contributed by atoms with E-state index in [1.807, 2.05) is 36.9 Å². The van der Waals surface area contributed by atoms with Crippen LogP contribution in [-0.4, -0.2) is 0 Å². The molecule has 3 aromatic rings. The molecule has 35 heavy (non-hydrogen) atoms. The molecule has 0 bridgehead atoms. The first-order chi connectivity index (χ1) is 16.4. The van der Waals surface area contributed by atoms with Crippen LogP contribution in [0.15, 0.2) is 12.1 Å². The molecule has 3 unspecified atom stereocenters. The molecule has 192 valence electrons. The minimum atomic E-state index is -2.33. The first-order valence-corrected chi connectivity index (χ1v) is 12.2.